The van der Waals surface area contributed by atoms with Crippen LogP contribution in [0.2, 0.25) is 0 Å². The second kappa shape index (κ2) is 8.09. The molecular weight excluding hydrogens is 364 g/mol. The number of thioether (sulfide) groups is 1. The molecule has 0 bridgehead atoms. The van der Waals surface area contributed by atoms with E-state index in [1.54, 1.807) is 36.6 Å². The van der Waals surface area contributed by atoms with Crippen LogP contribution in [0.25, 0.3) is 6.08 Å². The van der Waals surface area contributed by atoms with E-state index in [-0.39, 0.29) is 11.4 Å². The standard InChI is InChI=1S/C20H18N2O4S/c1-13-8-9-15(11-14(13)2)21-18(23)12-22-19(24)17(27-20(22)25)7-3-5-16-6-4-10-26-16/h3-11H,12H2,1-2H3,(H,21,23)/b5-3+,17-7-. The van der Waals surface area contributed by atoms with Crippen LogP contribution in [-0.4, -0.2) is 28.5 Å². The molecule has 1 aromatic carbocycles. The van der Waals surface area contributed by atoms with Crippen molar-refractivity contribution in [3.05, 3.63) is 70.5 Å². The maximum atomic E-state index is 12.4. The molecule has 1 N–H and O–H groups in total. The summed E-state index contributed by atoms with van der Waals surface area (Å²) < 4.78 is 5.15. The highest BCUT2D eigenvalue weighted by Gasteiger charge is 2.35. The van der Waals surface area contributed by atoms with Crippen LogP contribution in [0.3, 0.4) is 0 Å². The number of benzene rings is 1. The first-order valence-electron chi connectivity index (χ1n) is 8.26. The number of anilines is 1. The average molecular weight is 382 g/mol. The van der Waals surface area contributed by atoms with Gasteiger partial charge in [-0.1, -0.05) is 12.1 Å². The number of nitrogens with one attached hydrogen (secondary N) is 1. The Bertz CT molecular complexity index is 945. The van der Waals surface area contributed by atoms with Crippen LogP contribution in [0.4, 0.5) is 10.5 Å². The molecule has 27 heavy (non-hydrogen) atoms. The van der Waals surface area contributed by atoms with Crippen molar-refractivity contribution in [3.8, 4) is 0 Å². The summed E-state index contributed by atoms with van der Waals surface area (Å²) in [5, 5.41) is 2.25. The highest BCUT2D eigenvalue weighted by Crippen LogP contribution is 2.30. The summed E-state index contributed by atoms with van der Waals surface area (Å²) in [6.07, 6.45) is 6.39. The smallest absolute Gasteiger partial charge is 0.294 e. The van der Waals surface area contributed by atoms with E-state index in [2.05, 4.69) is 5.32 Å². The third kappa shape index (κ3) is 4.57. The second-order valence-corrected chi connectivity index (χ2v) is 7.01. The molecule has 0 saturated carbocycles. The normalized spacial score (nSPS) is 15.9. The molecule has 3 amide bonds. The quantitative estimate of drug-likeness (QED) is 0.787. The molecule has 2 aromatic rings. The molecule has 0 radical (unpaired) electrons. The molecule has 1 fully saturated rings. The van der Waals surface area contributed by atoms with Crippen LogP contribution >= 0.6 is 11.8 Å². The number of nitrogens with zero attached hydrogens (tertiary/aromatic N) is 1. The molecule has 0 unspecified atom stereocenters. The van der Waals surface area contributed by atoms with Crippen LogP contribution in [-0.2, 0) is 9.59 Å². The molecule has 1 aromatic heterocycles. The highest BCUT2D eigenvalue weighted by molar-refractivity contribution is 8.18. The topological polar surface area (TPSA) is 79.6 Å². The van der Waals surface area contributed by atoms with E-state index in [0.717, 1.165) is 27.8 Å². The summed E-state index contributed by atoms with van der Waals surface area (Å²) in [7, 11) is 0. The second-order valence-electron chi connectivity index (χ2n) is 6.01. The van der Waals surface area contributed by atoms with E-state index in [4.69, 9.17) is 4.42 Å². The Hall–Kier alpha value is -3.06. The van der Waals surface area contributed by atoms with Crippen molar-refractivity contribution in [2.24, 2.45) is 0 Å². The van der Waals surface area contributed by atoms with E-state index in [1.807, 2.05) is 26.0 Å². The number of allylic oxidation sites excluding steroid dienone is 2. The summed E-state index contributed by atoms with van der Waals surface area (Å²) in [6, 6.07) is 9.06. The molecule has 1 saturated heterocycles. The largest absolute Gasteiger partial charge is 0.465 e. The third-order valence-corrected chi connectivity index (χ3v) is 4.94. The van der Waals surface area contributed by atoms with Crippen LogP contribution in [0.5, 0.6) is 0 Å². The Morgan fingerprint density at radius 1 is 1.22 bits per heavy atom. The van der Waals surface area contributed by atoms with Gasteiger partial charge in [-0.25, -0.2) is 0 Å². The molecular formula is C20H18N2O4S. The molecule has 1 aliphatic heterocycles. The molecule has 138 valence electrons. The molecule has 3 rings (SSSR count). The highest BCUT2D eigenvalue weighted by atomic mass is 32.2. The van der Waals surface area contributed by atoms with Gasteiger partial charge in [0.1, 0.15) is 12.3 Å². The molecule has 0 atom stereocenters. The first-order chi connectivity index (χ1) is 12.9. The van der Waals surface area contributed by atoms with Gasteiger partial charge in [-0.05, 0) is 73.2 Å². The maximum absolute atomic E-state index is 12.4. The lowest BCUT2D eigenvalue weighted by molar-refractivity contribution is -0.127. The predicted molar refractivity (Wildman–Crippen MR) is 105 cm³/mol. The average Bonchev–Trinajstić information content (AvgIpc) is 3.22. The molecule has 7 heteroatoms. The molecule has 0 spiro atoms. The number of rotatable bonds is 5. The van der Waals surface area contributed by atoms with Gasteiger partial charge in [0.25, 0.3) is 11.1 Å². The SMILES string of the molecule is Cc1ccc(NC(=O)CN2C(=O)S/C(=C\C=C\c3ccco3)C2=O)cc1C. The van der Waals surface area contributed by atoms with Gasteiger partial charge in [0, 0.05) is 5.69 Å². The van der Waals surface area contributed by atoms with Gasteiger partial charge in [-0.2, -0.15) is 0 Å². The zero-order chi connectivity index (χ0) is 19.4. The minimum atomic E-state index is -0.482. The van der Waals surface area contributed by atoms with Crippen molar-refractivity contribution in [3.63, 3.8) is 0 Å². The minimum absolute atomic E-state index is 0.266. The Labute approximate surface area is 160 Å². The van der Waals surface area contributed by atoms with Crippen molar-refractivity contribution >= 4 is 40.6 Å². The van der Waals surface area contributed by atoms with Crippen molar-refractivity contribution < 1.29 is 18.8 Å². The molecule has 1 aliphatic rings. The van der Waals surface area contributed by atoms with Crippen LogP contribution < -0.4 is 5.32 Å². The van der Waals surface area contributed by atoms with Gasteiger partial charge >= 0.3 is 0 Å². The lowest BCUT2D eigenvalue weighted by Gasteiger charge is -2.13. The fourth-order valence-electron chi connectivity index (χ4n) is 2.43. The Morgan fingerprint density at radius 3 is 2.74 bits per heavy atom. The number of carbonyl (C=O) groups is 3. The summed E-state index contributed by atoms with van der Waals surface area (Å²) in [5.74, 6) is -0.268. The summed E-state index contributed by atoms with van der Waals surface area (Å²) in [4.78, 5) is 37.9. The van der Waals surface area contributed by atoms with Gasteiger partial charge < -0.3 is 9.73 Å². The van der Waals surface area contributed by atoms with Crippen molar-refractivity contribution in [1.82, 2.24) is 4.90 Å². The van der Waals surface area contributed by atoms with Crippen molar-refractivity contribution in [2.75, 3.05) is 11.9 Å². The number of aryl methyl sites for hydroxylation is 2. The van der Waals surface area contributed by atoms with E-state index in [9.17, 15) is 14.4 Å². The third-order valence-electron chi connectivity index (χ3n) is 4.02. The first kappa shape index (κ1) is 18.7. The summed E-state index contributed by atoms with van der Waals surface area (Å²) in [5.41, 5.74) is 2.80. The monoisotopic (exact) mass is 382 g/mol. The first-order valence-corrected chi connectivity index (χ1v) is 9.08. The van der Waals surface area contributed by atoms with Gasteiger partial charge in [0.15, 0.2) is 0 Å². The fraction of sp³-hybridized carbons (Fsp3) is 0.150. The molecule has 6 nitrogen and oxygen atoms in total. The lowest BCUT2D eigenvalue weighted by atomic mass is 10.1. The maximum Gasteiger partial charge on any atom is 0.294 e. The lowest BCUT2D eigenvalue weighted by Crippen LogP contribution is -2.36. The van der Waals surface area contributed by atoms with E-state index < -0.39 is 17.1 Å². The number of amides is 3. The zero-order valence-electron chi connectivity index (χ0n) is 14.9. The van der Waals surface area contributed by atoms with Gasteiger partial charge in [0.05, 0.1) is 11.2 Å². The fourth-order valence-corrected chi connectivity index (χ4v) is 3.22. The molecule has 2 heterocycles. The Balaban J connectivity index is 1.62. The van der Waals surface area contributed by atoms with E-state index >= 15 is 0 Å². The predicted octanol–water partition coefficient (Wildman–Crippen LogP) is 4.13. The Kier molecular flexibility index (Phi) is 5.61. The van der Waals surface area contributed by atoms with Crippen molar-refractivity contribution in [2.45, 2.75) is 13.8 Å². The van der Waals surface area contributed by atoms with Crippen LogP contribution in [0.1, 0.15) is 16.9 Å². The minimum Gasteiger partial charge on any atom is -0.465 e. The van der Waals surface area contributed by atoms with Crippen LogP contribution in [0.15, 0.2) is 58.1 Å². The van der Waals surface area contributed by atoms with E-state index in [1.165, 1.54) is 6.08 Å². The van der Waals surface area contributed by atoms with Crippen molar-refractivity contribution in [1.29, 1.82) is 0 Å². The number of imide groups is 1. The summed E-state index contributed by atoms with van der Waals surface area (Å²) in [6.45, 7) is 3.60. The Morgan fingerprint density at radius 2 is 2.04 bits per heavy atom. The number of carbonyl (C=O) groups excluding carboxylic acids is 3. The van der Waals surface area contributed by atoms with Gasteiger partial charge in [-0.15, -0.1) is 0 Å². The van der Waals surface area contributed by atoms with Crippen LogP contribution in [0, 0.1) is 13.8 Å². The number of hydrogen-bond acceptors (Lipinski definition) is 5. The van der Waals surface area contributed by atoms with Gasteiger partial charge in [0.2, 0.25) is 5.91 Å². The van der Waals surface area contributed by atoms with Gasteiger partial charge in [-0.3, -0.25) is 19.3 Å². The zero-order valence-corrected chi connectivity index (χ0v) is 15.7. The number of furan rings is 1. The number of hydrogen-bond donors (Lipinski definition) is 1. The molecule has 0 aliphatic carbocycles. The summed E-state index contributed by atoms with van der Waals surface area (Å²) >= 11 is 0.808. The van der Waals surface area contributed by atoms with E-state index in [0.29, 0.717) is 11.4 Å².